The molecule has 6 nitrogen and oxygen atoms in total. The Bertz CT molecular complexity index is 644. The molecule has 0 atom stereocenters. The maximum atomic E-state index is 11.9. The first-order chi connectivity index (χ1) is 9.58. The smallest absolute Gasteiger partial charge is 0.269 e. The number of nitrogens with zero attached hydrogens (tertiary/aromatic N) is 2. The van der Waals surface area contributed by atoms with Crippen molar-refractivity contribution in [3.63, 3.8) is 0 Å². The first kappa shape index (κ1) is 14.1. The second kappa shape index (κ2) is 6.25. The number of carbonyl (C=O) groups excluding carboxylic acids is 1. The number of benzene rings is 1. The average Bonchev–Trinajstić information content (AvgIpc) is 2.45. The molecule has 0 aliphatic carbocycles. The van der Waals surface area contributed by atoms with Crippen LogP contribution in [0.3, 0.4) is 0 Å². The molecule has 0 saturated heterocycles. The molecule has 0 aliphatic rings. The molecule has 0 aliphatic heterocycles. The molecule has 2 aromatic rings. The third-order valence-corrected chi connectivity index (χ3v) is 3.24. The van der Waals surface area contributed by atoms with E-state index in [0.717, 1.165) is 5.56 Å². The number of carbonyl (C=O) groups is 1. The summed E-state index contributed by atoms with van der Waals surface area (Å²) in [6, 6.07) is 9.35. The molecular formula is C13H10BrN3O3. The summed E-state index contributed by atoms with van der Waals surface area (Å²) < 4.78 is 0.473. The van der Waals surface area contributed by atoms with E-state index in [1.165, 1.54) is 12.1 Å². The van der Waals surface area contributed by atoms with Crippen LogP contribution in [0.5, 0.6) is 0 Å². The van der Waals surface area contributed by atoms with E-state index in [9.17, 15) is 14.9 Å². The summed E-state index contributed by atoms with van der Waals surface area (Å²) in [5, 5.41) is 13.3. The monoisotopic (exact) mass is 335 g/mol. The lowest BCUT2D eigenvalue weighted by molar-refractivity contribution is -0.384. The standard InChI is InChI=1S/C13H10BrN3O3/c14-12-11(2-1-7-15-12)13(18)16-8-9-3-5-10(6-4-9)17(19)20/h1-7H,8H2,(H,16,18). The fraction of sp³-hybridized carbons (Fsp3) is 0.0769. The van der Waals surface area contributed by atoms with Gasteiger partial charge in [0.1, 0.15) is 4.60 Å². The topological polar surface area (TPSA) is 85.1 Å². The molecule has 0 spiro atoms. The van der Waals surface area contributed by atoms with E-state index in [2.05, 4.69) is 26.2 Å². The van der Waals surface area contributed by atoms with E-state index in [-0.39, 0.29) is 18.1 Å². The second-order valence-electron chi connectivity index (χ2n) is 3.95. The van der Waals surface area contributed by atoms with Crippen LogP contribution in [0.1, 0.15) is 15.9 Å². The van der Waals surface area contributed by atoms with Crippen LogP contribution in [0.25, 0.3) is 0 Å². The van der Waals surface area contributed by atoms with Crippen molar-refractivity contribution < 1.29 is 9.72 Å². The number of nitro benzene ring substituents is 1. The number of hydrogen-bond donors (Lipinski definition) is 1. The largest absolute Gasteiger partial charge is 0.348 e. The van der Waals surface area contributed by atoms with E-state index in [0.29, 0.717) is 10.2 Å². The minimum Gasteiger partial charge on any atom is -0.348 e. The molecule has 0 radical (unpaired) electrons. The van der Waals surface area contributed by atoms with Gasteiger partial charge in [-0.25, -0.2) is 4.98 Å². The molecule has 1 aromatic carbocycles. The van der Waals surface area contributed by atoms with E-state index in [4.69, 9.17) is 0 Å². The van der Waals surface area contributed by atoms with Gasteiger partial charge in [-0.3, -0.25) is 14.9 Å². The number of non-ortho nitro benzene ring substituents is 1. The van der Waals surface area contributed by atoms with Crippen molar-refractivity contribution in [3.8, 4) is 0 Å². The second-order valence-corrected chi connectivity index (χ2v) is 4.70. The van der Waals surface area contributed by atoms with Gasteiger partial charge in [0, 0.05) is 24.9 Å². The Labute approximate surface area is 123 Å². The van der Waals surface area contributed by atoms with Gasteiger partial charge < -0.3 is 5.32 Å². The lowest BCUT2D eigenvalue weighted by Crippen LogP contribution is -2.23. The molecule has 20 heavy (non-hydrogen) atoms. The van der Waals surface area contributed by atoms with E-state index >= 15 is 0 Å². The molecule has 0 bridgehead atoms. The predicted octanol–water partition coefficient (Wildman–Crippen LogP) is 2.68. The van der Waals surface area contributed by atoms with Crippen LogP contribution in [-0.4, -0.2) is 15.8 Å². The molecular weight excluding hydrogens is 326 g/mol. The summed E-state index contributed by atoms with van der Waals surface area (Å²) in [4.78, 5) is 26.0. The highest BCUT2D eigenvalue weighted by Gasteiger charge is 2.10. The number of halogens is 1. The lowest BCUT2D eigenvalue weighted by atomic mass is 10.2. The summed E-state index contributed by atoms with van der Waals surface area (Å²) in [5.41, 5.74) is 1.24. The van der Waals surface area contributed by atoms with Crippen molar-refractivity contribution in [1.82, 2.24) is 10.3 Å². The third kappa shape index (κ3) is 3.39. The van der Waals surface area contributed by atoms with Crippen LogP contribution in [-0.2, 0) is 6.54 Å². The van der Waals surface area contributed by atoms with Gasteiger partial charge in [-0.1, -0.05) is 12.1 Å². The van der Waals surface area contributed by atoms with Gasteiger partial charge in [-0.15, -0.1) is 0 Å². The van der Waals surface area contributed by atoms with Gasteiger partial charge in [-0.2, -0.15) is 0 Å². The number of nitrogens with one attached hydrogen (secondary N) is 1. The predicted molar refractivity (Wildman–Crippen MR) is 76.2 cm³/mol. The van der Waals surface area contributed by atoms with Crippen molar-refractivity contribution in [2.45, 2.75) is 6.54 Å². The fourth-order valence-corrected chi connectivity index (χ4v) is 2.00. The first-order valence-electron chi connectivity index (χ1n) is 5.70. The Kier molecular flexibility index (Phi) is 4.41. The van der Waals surface area contributed by atoms with E-state index in [1.54, 1.807) is 30.5 Å². The van der Waals surface area contributed by atoms with E-state index in [1.807, 2.05) is 0 Å². The molecule has 102 valence electrons. The maximum absolute atomic E-state index is 11.9. The number of aromatic nitrogens is 1. The zero-order valence-corrected chi connectivity index (χ0v) is 11.8. The van der Waals surface area contributed by atoms with E-state index < -0.39 is 4.92 Å². The Morgan fingerprint density at radius 3 is 2.60 bits per heavy atom. The zero-order valence-electron chi connectivity index (χ0n) is 10.2. The van der Waals surface area contributed by atoms with Crippen molar-refractivity contribution in [1.29, 1.82) is 0 Å². The summed E-state index contributed by atoms with van der Waals surface area (Å²) in [5.74, 6) is -0.261. The Hall–Kier alpha value is -2.28. The Morgan fingerprint density at radius 1 is 1.30 bits per heavy atom. The molecule has 0 unspecified atom stereocenters. The maximum Gasteiger partial charge on any atom is 0.269 e. The molecule has 1 N–H and O–H groups in total. The highest BCUT2D eigenvalue weighted by molar-refractivity contribution is 9.10. The van der Waals surface area contributed by atoms with Crippen LogP contribution in [0.4, 0.5) is 5.69 Å². The summed E-state index contributed by atoms with van der Waals surface area (Å²) in [6.07, 6.45) is 1.58. The summed E-state index contributed by atoms with van der Waals surface area (Å²) in [6.45, 7) is 0.290. The van der Waals surface area contributed by atoms with Gasteiger partial charge in [0.15, 0.2) is 0 Å². The van der Waals surface area contributed by atoms with Gasteiger partial charge in [0.2, 0.25) is 0 Å². The highest BCUT2D eigenvalue weighted by Crippen LogP contribution is 2.14. The zero-order chi connectivity index (χ0) is 14.5. The minimum absolute atomic E-state index is 0.0232. The number of amides is 1. The van der Waals surface area contributed by atoms with Crippen LogP contribution in [0.2, 0.25) is 0 Å². The lowest BCUT2D eigenvalue weighted by Gasteiger charge is -2.06. The molecule has 1 aromatic heterocycles. The van der Waals surface area contributed by atoms with Gasteiger partial charge in [-0.05, 0) is 33.6 Å². The van der Waals surface area contributed by atoms with Crippen LogP contribution in [0, 0.1) is 10.1 Å². The third-order valence-electron chi connectivity index (χ3n) is 2.60. The van der Waals surface area contributed by atoms with Crippen LogP contribution in [0.15, 0.2) is 47.2 Å². The average molecular weight is 336 g/mol. The van der Waals surface area contributed by atoms with Crippen LogP contribution < -0.4 is 5.32 Å². The van der Waals surface area contributed by atoms with Crippen LogP contribution >= 0.6 is 15.9 Å². The normalized spacial score (nSPS) is 10.1. The van der Waals surface area contributed by atoms with Crippen molar-refractivity contribution in [2.24, 2.45) is 0 Å². The first-order valence-corrected chi connectivity index (χ1v) is 6.49. The quantitative estimate of drug-likeness (QED) is 0.528. The minimum atomic E-state index is -0.463. The van der Waals surface area contributed by atoms with Crippen molar-refractivity contribution in [2.75, 3.05) is 0 Å². The molecule has 1 heterocycles. The molecule has 1 amide bonds. The van der Waals surface area contributed by atoms with Crippen molar-refractivity contribution >= 4 is 27.5 Å². The Morgan fingerprint density at radius 2 is 2.00 bits per heavy atom. The Balaban J connectivity index is 2.00. The summed E-state index contributed by atoms with van der Waals surface area (Å²) >= 11 is 3.20. The summed E-state index contributed by atoms with van der Waals surface area (Å²) in [7, 11) is 0. The highest BCUT2D eigenvalue weighted by atomic mass is 79.9. The number of rotatable bonds is 4. The fourth-order valence-electron chi connectivity index (χ4n) is 1.57. The molecule has 0 fully saturated rings. The van der Waals surface area contributed by atoms with Crippen molar-refractivity contribution in [3.05, 3.63) is 68.4 Å². The SMILES string of the molecule is O=C(NCc1ccc([N+](=O)[O-])cc1)c1cccnc1Br. The number of pyridine rings is 1. The number of hydrogen-bond acceptors (Lipinski definition) is 4. The van der Waals surface area contributed by atoms with Gasteiger partial charge in [0.25, 0.3) is 11.6 Å². The molecule has 0 saturated carbocycles. The number of nitro groups is 1. The van der Waals surface area contributed by atoms with Gasteiger partial charge in [0.05, 0.1) is 10.5 Å². The molecule has 7 heteroatoms. The van der Waals surface area contributed by atoms with Gasteiger partial charge >= 0.3 is 0 Å². The molecule has 2 rings (SSSR count).